The van der Waals surface area contributed by atoms with Gasteiger partial charge in [0.05, 0.1) is 5.60 Å². The van der Waals surface area contributed by atoms with Crippen LogP contribution in [0.25, 0.3) is 0 Å². The first kappa shape index (κ1) is 14.5. The Morgan fingerprint density at radius 1 is 1.16 bits per heavy atom. The minimum atomic E-state index is -0.634. The summed E-state index contributed by atoms with van der Waals surface area (Å²) in [5.74, 6) is 0. The van der Waals surface area contributed by atoms with Crippen molar-refractivity contribution in [1.29, 1.82) is 0 Å². The zero-order valence-electron chi connectivity index (χ0n) is 12.2. The van der Waals surface area contributed by atoms with Gasteiger partial charge in [-0.3, -0.25) is 0 Å². The second kappa shape index (κ2) is 6.51. The molecule has 106 valence electrons. The van der Waals surface area contributed by atoms with Crippen molar-refractivity contribution in [2.24, 2.45) is 0 Å². The molecule has 0 aromatic heterocycles. The molecule has 3 nitrogen and oxygen atoms in total. The Morgan fingerprint density at radius 2 is 1.79 bits per heavy atom. The van der Waals surface area contributed by atoms with Crippen molar-refractivity contribution < 1.29 is 5.11 Å². The lowest BCUT2D eigenvalue weighted by Crippen LogP contribution is -2.44. The summed E-state index contributed by atoms with van der Waals surface area (Å²) in [5.41, 5.74) is 2.03. The number of piperazine rings is 1. The van der Waals surface area contributed by atoms with Crippen molar-refractivity contribution in [3.63, 3.8) is 0 Å². The molecule has 3 heteroatoms. The van der Waals surface area contributed by atoms with Crippen LogP contribution < -0.4 is 5.32 Å². The van der Waals surface area contributed by atoms with Gasteiger partial charge in [0.25, 0.3) is 0 Å². The molecule has 0 atom stereocenters. The van der Waals surface area contributed by atoms with Gasteiger partial charge in [-0.15, -0.1) is 0 Å². The number of hydrogen-bond acceptors (Lipinski definition) is 3. The maximum atomic E-state index is 9.99. The van der Waals surface area contributed by atoms with E-state index in [0.29, 0.717) is 0 Å². The molecule has 0 unspecified atom stereocenters. The Labute approximate surface area is 116 Å². The predicted molar refractivity (Wildman–Crippen MR) is 79.5 cm³/mol. The fraction of sp³-hybridized carbons (Fsp3) is 0.625. The van der Waals surface area contributed by atoms with Crippen LogP contribution in [0.15, 0.2) is 24.3 Å². The van der Waals surface area contributed by atoms with Crippen LogP contribution in [0.1, 0.15) is 25.0 Å². The second-order valence-corrected chi connectivity index (χ2v) is 6.10. The van der Waals surface area contributed by atoms with Gasteiger partial charge in [-0.1, -0.05) is 24.3 Å². The van der Waals surface area contributed by atoms with Gasteiger partial charge in [0.2, 0.25) is 0 Å². The maximum absolute atomic E-state index is 9.99. The van der Waals surface area contributed by atoms with Crippen LogP contribution in [0.3, 0.4) is 0 Å². The van der Waals surface area contributed by atoms with Gasteiger partial charge in [-0.2, -0.15) is 0 Å². The Bertz CT molecular complexity index is 392. The van der Waals surface area contributed by atoms with E-state index in [9.17, 15) is 5.11 Å². The maximum Gasteiger partial charge on any atom is 0.0632 e. The van der Waals surface area contributed by atoms with E-state index in [0.717, 1.165) is 45.6 Å². The quantitative estimate of drug-likeness (QED) is 0.843. The zero-order chi connectivity index (χ0) is 13.7. The third-order valence-electron chi connectivity index (χ3n) is 3.65. The standard InChI is InChI=1S/C16H26N2O/c1-16(2,19)13-15-6-4-3-5-14(15)7-10-18-11-8-17-9-12-18/h3-6,17,19H,7-13H2,1-2H3. The van der Waals surface area contributed by atoms with Crippen molar-refractivity contribution in [2.45, 2.75) is 32.3 Å². The Balaban J connectivity index is 1.95. The predicted octanol–water partition coefficient (Wildman–Crippen LogP) is 1.45. The van der Waals surface area contributed by atoms with Crippen LogP contribution in [-0.2, 0) is 12.8 Å². The molecule has 1 aliphatic rings. The SMILES string of the molecule is CC(C)(O)Cc1ccccc1CCN1CCNCC1. The molecule has 1 aliphatic heterocycles. The Morgan fingerprint density at radius 3 is 2.42 bits per heavy atom. The van der Waals surface area contributed by atoms with E-state index in [1.54, 1.807) is 0 Å². The molecule has 2 rings (SSSR count). The summed E-state index contributed by atoms with van der Waals surface area (Å²) < 4.78 is 0. The van der Waals surface area contributed by atoms with Crippen LogP contribution in [0.4, 0.5) is 0 Å². The van der Waals surface area contributed by atoms with Gasteiger partial charge < -0.3 is 15.3 Å². The Hall–Kier alpha value is -0.900. The van der Waals surface area contributed by atoms with Crippen molar-refractivity contribution in [3.05, 3.63) is 35.4 Å². The molecule has 1 aromatic rings. The van der Waals surface area contributed by atoms with E-state index < -0.39 is 5.60 Å². The first-order chi connectivity index (χ1) is 9.04. The summed E-state index contributed by atoms with van der Waals surface area (Å²) in [7, 11) is 0. The van der Waals surface area contributed by atoms with E-state index in [-0.39, 0.29) is 0 Å². The lowest BCUT2D eigenvalue weighted by Gasteiger charge is -2.27. The van der Waals surface area contributed by atoms with E-state index in [4.69, 9.17) is 0 Å². The molecule has 0 spiro atoms. The molecule has 0 bridgehead atoms. The van der Waals surface area contributed by atoms with Gasteiger partial charge in [-0.25, -0.2) is 0 Å². The smallest absolute Gasteiger partial charge is 0.0632 e. The third kappa shape index (κ3) is 4.94. The molecule has 19 heavy (non-hydrogen) atoms. The third-order valence-corrected chi connectivity index (χ3v) is 3.65. The molecular formula is C16H26N2O. The molecular weight excluding hydrogens is 236 g/mol. The van der Waals surface area contributed by atoms with Crippen molar-refractivity contribution in [2.75, 3.05) is 32.7 Å². The van der Waals surface area contributed by atoms with Gasteiger partial charge in [0.15, 0.2) is 0 Å². The minimum Gasteiger partial charge on any atom is -0.390 e. The van der Waals surface area contributed by atoms with E-state index in [2.05, 4.69) is 34.5 Å². The van der Waals surface area contributed by atoms with E-state index in [1.807, 2.05) is 13.8 Å². The number of benzene rings is 1. The summed E-state index contributed by atoms with van der Waals surface area (Å²) >= 11 is 0. The van der Waals surface area contributed by atoms with E-state index >= 15 is 0 Å². The van der Waals surface area contributed by atoms with Crippen LogP contribution in [0, 0.1) is 0 Å². The molecule has 2 N–H and O–H groups in total. The highest BCUT2D eigenvalue weighted by molar-refractivity contribution is 5.28. The largest absolute Gasteiger partial charge is 0.390 e. The monoisotopic (exact) mass is 262 g/mol. The molecule has 0 radical (unpaired) electrons. The highest BCUT2D eigenvalue weighted by Gasteiger charge is 2.16. The van der Waals surface area contributed by atoms with Gasteiger partial charge >= 0.3 is 0 Å². The van der Waals surface area contributed by atoms with Crippen LogP contribution in [-0.4, -0.2) is 48.3 Å². The van der Waals surface area contributed by atoms with Crippen LogP contribution in [0.5, 0.6) is 0 Å². The minimum absolute atomic E-state index is 0.634. The highest BCUT2D eigenvalue weighted by Crippen LogP contribution is 2.17. The van der Waals surface area contributed by atoms with Crippen LogP contribution in [0.2, 0.25) is 0 Å². The van der Waals surface area contributed by atoms with Crippen molar-refractivity contribution in [1.82, 2.24) is 10.2 Å². The molecule has 0 amide bonds. The number of nitrogens with zero attached hydrogens (tertiary/aromatic N) is 1. The van der Waals surface area contributed by atoms with Gasteiger partial charge in [-0.05, 0) is 31.4 Å². The summed E-state index contributed by atoms with van der Waals surface area (Å²) in [6.45, 7) is 9.36. The molecule has 1 saturated heterocycles. The molecule has 1 fully saturated rings. The lowest BCUT2D eigenvalue weighted by atomic mass is 9.93. The topological polar surface area (TPSA) is 35.5 Å². The number of hydrogen-bond donors (Lipinski definition) is 2. The number of rotatable bonds is 5. The lowest BCUT2D eigenvalue weighted by molar-refractivity contribution is 0.0807. The normalized spacial score (nSPS) is 17.6. The second-order valence-electron chi connectivity index (χ2n) is 6.10. The van der Waals surface area contributed by atoms with Crippen LogP contribution >= 0.6 is 0 Å². The summed E-state index contributed by atoms with van der Waals surface area (Å²) in [5, 5.41) is 13.4. The van der Waals surface area contributed by atoms with Gasteiger partial charge in [0.1, 0.15) is 0 Å². The average molecular weight is 262 g/mol. The Kier molecular flexibility index (Phi) is 4.97. The van der Waals surface area contributed by atoms with Gasteiger partial charge in [0, 0.05) is 39.1 Å². The molecule has 0 saturated carbocycles. The average Bonchev–Trinajstić information content (AvgIpc) is 2.37. The first-order valence-electron chi connectivity index (χ1n) is 7.27. The zero-order valence-corrected chi connectivity index (χ0v) is 12.2. The van der Waals surface area contributed by atoms with Crippen molar-refractivity contribution >= 4 is 0 Å². The summed E-state index contributed by atoms with van der Waals surface area (Å²) in [6, 6.07) is 8.50. The first-order valence-corrected chi connectivity index (χ1v) is 7.27. The molecule has 1 heterocycles. The number of aliphatic hydroxyl groups is 1. The van der Waals surface area contributed by atoms with E-state index in [1.165, 1.54) is 11.1 Å². The number of nitrogens with one attached hydrogen (secondary N) is 1. The fourth-order valence-electron chi connectivity index (χ4n) is 2.65. The molecule has 1 aromatic carbocycles. The molecule has 0 aliphatic carbocycles. The van der Waals surface area contributed by atoms with Crippen molar-refractivity contribution in [3.8, 4) is 0 Å². The summed E-state index contributed by atoms with van der Waals surface area (Å²) in [6.07, 6.45) is 1.80. The fourth-order valence-corrected chi connectivity index (χ4v) is 2.65. The highest BCUT2D eigenvalue weighted by atomic mass is 16.3. The summed E-state index contributed by atoms with van der Waals surface area (Å²) in [4.78, 5) is 2.51.